The molecule has 2 atom stereocenters. The zero-order valence-electron chi connectivity index (χ0n) is 39.6. The Morgan fingerprint density at radius 2 is 1.18 bits per heavy atom. The average molecular weight is 990 g/mol. The standard InChI is InChI=1S/C23H22FN3O2.C18H19BrN2O2.C11H15BFNO2/c1-15-19(20-8-10-25-14-21(20)24)6-7-22(26-15)27-11-9-17(23(27)28)12-16-4-3-5-18(13-16)29-2;1-12-16(19)6-7-17(20-12)21-9-8-14(18(21)22)10-13-4-3-5-15(11-13)23-2;1-10(2)11(3,4)16-12(15-10)8-5-6-14-7-9(8)13/h3-8,10,13-14,17H,9,11-12H2,1-2H3;3-7,11,14H,8-10H2,1-2H3;5-7H,1-4H3. The number of hydrogen-bond donors (Lipinski definition) is 0. The van der Waals surface area contributed by atoms with Gasteiger partial charge in [0.15, 0.2) is 0 Å². The highest BCUT2D eigenvalue weighted by Crippen LogP contribution is 2.37. The summed E-state index contributed by atoms with van der Waals surface area (Å²) < 4.78 is 50.6. The topological polar surface area (TPSA) is 129 Å². The van der Waals surface area contributed by atoms with Crippen LogP contribution in [0.5, 0.6) is 11.5 Å². The molecule has 3 fully saturated rings. The van der Waals surface area contributed by atoms with E-state index in [-0.39, 0.29) is 29.5 Å². The van der Waals surface area contributed by atoms with Crippen LogP contribution >= 0.6 is 15.9 Å². The van der Waals surface area contributed by atoms with E-state index in [2.05, 4.69) is 35.9 Å². The maximum absolute atomic E-state index is 14.1. The number of hydrogen-bond acceptors (Lipinski definition) is 10. The predicted octanol–water partition coefficient (Wildman–Crippen LogP) is 9.47. The van der Waals surface area contributed by atoms with Gasteiger partial charge >= 0.3 is 7.12 Å². The molecule has 16 heteroatoms. The van der Waals surface area contributed by atoms with Gasteiger partial charge in [0, 0.05) is 64.1 Å². The summed E-state index contributed by atoms with van der Waals surface area (Å²) in [7, 11) is 2.63. The molecule has 9 rings (SSSR count). The molecule has 12 nitrogen and oxygen atoms in total. The Morgan fingerprint density at radius 3 is 1.66 bits per heavy atom. The Hall–Kier alpha value is -6.10. The molecule has 2 amide bonds. The fourth-order valence-electron chi connectivity index (χ4n) is 8.28. The molecule has 354 valence electrons. The third-order valence-electron chi connectivity index (χ3n) is 12.9. The van der Waals surface area contributed by atoms with Crippen molar-refractivity contribution >= 4 is 52.0 Å². The molecule has 3 saturated heterocycles. The molecule has 0 saturated carbocycles. The zero-order valence-corrected chi connectivity index (χ0v) is 41.2. The number of halogens is 3. The van der Waals surface area contributed by atoms with E-state index in [4.69, 9.17) is 18.8 Å². The van der Waals surface area contributed by atoms with Crippen molar-refractivity contribution in [3.05, 3.63) is 148 Å². The molecular formula is C52H56BBrF2N6O6. The molecule has 0 N–H and O–H groups in total. The molecule has 6 aromatic rings. The van der Waals surface area contributed by atoms with E-state index in [1.165, 1.54) is 18.6 Å². The van der Waals surface area contributed by atoms with Crippen molar-refractivity contribution in [1.29, 1.82) is 0 Å². The number of benzene rings is 2. The second-order valence-corrected chi connectivity index (χ2v) is 18.8. The van der Waals surface area contributed by atoms with E-state index in [0.717, 1.165) is 64.4 Å². The number of pyridine rings is 4. The van der Waals surface area contributed by atoms with E-state index in [1.54, 1.807) is 48.4 Å². The summed E-state index contributed by atoms with van der Waals surface area (Å²) in [5.41, 5.74) is 4.44. The minimum absolute atomic E-state index is 0.00728. The average Bonchev–Trinajstić information content (AvgIpc) is 3.94. The van der Waals surface area contributed by atoms with Gasteiger partial charge in [0.2, 0.25) is 11.8 Å². The fourth-order valence-corrected chi connectivity index (χ4v) is 8.51. The summed E-state index contributed by atoms with van der Waals surface area (Å²) >= 11 is 3.44. The van der Waals surface area contributed by atoms with Gasteiger partial charge in [0.25, 0.3) is 0 Å². The van der Waals surface area contributed by atoms with Crippen molar-refractivity contribution in [2.24, 2.45) is 11.8 Å². The third kappa shape index (κ3) is 11.4. The molecule has 3 aliphatic heterocycles. The van der Waals surface area contributed by atoms with Crippen LogP contribution in [-0.4, -0.2) is 77.4 Å². The Morgan fingerprint density at radius 1 is 0.676 bits per heavy atom. The Balaban J connectivity index is 0.000000158. The van der Waals surface area contributed by atoms with Crippen molar-refractivity contribution in [3.8, 4) is 22.6 Å². The summed E-state index contributed by atoms with van der Waals surface area (Å²) in [6.07, 6.45) is 8.48. The summed E-state index contributed by atoms with van der Waals surface area (Å²) in [6, 6.07) is 26.4. The van der Waals surface area contributed by atoms with Crippen LogP contribution in [0.4, 0.5) is 20.4 Å². The number of carbonyl (C=O) groups excluding carboxylic acids is 2. The van der Waals surface area contributed by atoms with E-state index in [9.17, 15) is 18.4 Å². The first kappa shape index (κ1) is 49.8. The first-order chi connectivity index (χ1) is 32.5. The quantitative estimate of drug-likeness (QED) is 0.123. The maximum Gasteiger partial charge on any atom is 0.497 e. The number of methoxy groups -OCH3 is 2. The molecular weight excluding hydrogens is 933 g/mol. The summed E-state index contributed by atoms with van der Waals surface area (Å²) in [6.45, 7) is 12.9. The van der Waals surface area contributed by atoms with Gasteiger partial charge < -0.3 is 18.8 Å². The minimum atomic E-state index is -0.659. The molecule has 2 unspecified atom stereocenters. The largest absolute Gasteiger partial charge is 0.497 e. The zero-order chi connectivity index (χ0) is 48.8. The van der Waals surface area contributed by atoms with Crippen molar-refractivity contribution in [1.82, 2.24) is 19.9 Å². The van der Waals surface area contributed by atoms with Gasteiger partial charge in [-0.25, -0.2) is 18.7 Å². The molecule has 7 heterocycles. The maximum atomic E-state index is 14.1. The lowest BCUT2D eigenvalue weighted by atomic mass is 9.79. The predicted molar refractivity (Wildman–Crippen MR) is 263 cm³/mol. The van der Waals surface area contributed by atoms with Gasteiger partial charge in [-0.3, -0.25) is 29.4 Å². The SMILES string of the molecule is CC1(C)OB(c2ccncc2F)OC1(C)C.COc1cccc(CC2CCN(c3ccc(-c4ccncc4F)c(C)n3)C2=O)c1.COc1cccc(CC2CCN(c3ccc(Br)c(C)n3)C2=O)c1. The Labute approximate surface area is 405 Å². The number of carbonyl (C=O) groups is 2. The number of aryl methyl sites for hydroxylation is 2. The van der Waals surface area contributed by atoms with Crippen molar-refractivity contribution in [2.45, 2.75) is 78.4 Å². The van der Waals surface area contributed by atoms with Gasteiger partial charge in [0.1, 0.15) is 34.8 Å². The van der Waals surface area contributed by atoms with Crippen molar-refractivity contribution < 1.29 is 37.2 Å². The van der Waals surface area contributed by atoms with Crippen LogP contribution in [0.15, 0.2) is 114 Å². The molecule has 0 radical (unpaired) electrons. The monoisotopic (exact) mass is 988 g/mol. The lowest BCUT2D eigenvalue weighted by molar-refractivity contribution is -0.121. The molecule has 0 spiro atoms. The lowest BCUT2D eigenvalue weighted by Gasteiger charge is -2.32. The number of rotatable bonds is 10. The highest BCUT2D eigenvalue weighted by atomic mass is 79.9. The number of nitrogens with zero attached hydrogens (tertiary/aromatic N) is 6. The molecule has 4 aromatic heterocycles. The first-order valence-electron chi connectivity index (χ1n) is 22.5. The highest BCUT2D eigenvalue weighted by molar-refractivity contribution is 9.10. The molecule has 68 heavy (non-hydrogen) atoms. The van der Waals surface area contributed by atoms with Crippen LogP contribution < -0.4 is 24.7 Å². The van der Waals surface area contributed by atoms with E-state index >= 15 is 0 Å². The van der Waals surface area contributed by atoms with Crippen LogP contribution in [0.25, 0.3) is 11.1 Å². The highest BCUT2D eigenvalue weighted by Gasteiger charge is 2.52. The normalized spacial score (nSPS) is 18.2. The lowest BCUT2D eigenvalue weighted by Crippen LogP contribution is -2.41. The fraction of sp³-hybridized carbons (Fsp3) is 0.346. The number of anilines is 2. The van der Waals surface area contributed by atoms with Gasteiger partial charge in [-0.05, 0) is 155 Å². The van der Waals surface area contributed by atoms with Crippen LogP contribution in [0.2, 0.25) is 0 Å². The second-order valence-electron chi connectivity index (χ2n) is 17.9. The van der Waals surface area contributed by atoms with E-state index in [0.29, 0.717) is 41.1 Å². The van der Waals surface area contributed by atoms with E-state index in [1.807, 2.05) is 108 Å². The van der Waals surface area contributed by atoms with Crippen molar-refractivity contribution in [3.63, 3.8) is 0 Å². The summed E-state index contributed by atoms with van der Waals surface area (Å²) in [5, 5.41) is 0. The van der Waals surface area contributed by atoms with Crippen LogP contribution in [0.3, 0.4) is 0 Å². The molecule has 2 aromatic carbocycles. The van der Waals surface area contributed by atoms with Gasteiger partial charge in [-0.2, -0.15) is 0 Å². The van der Waals surface area contributed by atoms with Crippen LogP contribution in [-0.2, 0) is 31.7 Å². The van der Waals surface area contributed by atoms with Crippen LogP contribution in [0.1, 0.15) is 63.1 Å². The molecule has 3 aliphatic rings. The van der Waals surface area contributed by atoms with Crippen LogP contribution in [0, 0.1) is 37.3 Å². The number of ether oxygens (including phenoxy) is 2. The molecule has 0 aliphatic carbocycles. The summed E-state index contributed by atoms with van der Waals surface area (Å²) in [5.74, 6) is 2.33. The Kier molecular flexibility index (Phi) is 15.7. The second kappa shape index (κ2) is 21.5. The first-order valence-corrected chi connectivity index (χ1v) is 23.3. The minimum Gasteiger partial charge on any atom is -0.497 e. The van der Waals surface area contributed by atoms with Gasteiger partial charge in [-0.15, -0.1) is 0 Å². The molecule has 0 bridgehead atoms. The Bertz CT molecular complexity index is 2750. The third-order valence-corrected chi connectivity index (χ3v) is 13.7. The smallest absolute Gasteiger partial charge is 0.497 e. The van der Waals surface area contributed by atoms with Crippen molar-refractivity contribution in [2.75, 3.05) is 37.1 Å². The van der Waals surface area contributed by atoms with Gasteiger partial charge in [-0.1, -0.05) is 24.3 Å². The summed E-state index contributed by atoms with van der Waals surface area (Å²) in [4.78, 5) is 45.8. The number of amides is 2. The number of aromatic nitrogens is 4. The van der Waals surface area contributed by atoms with E-state index < -0.39 is 24.1 Å². The van der Waals surface area contributed by atoms with Gasteiger partial charge in [0.05, 0.1) is 43.5 Å².